The molecule has 1 amide bonds. The SMILES string of the molecule is CCCCCCCCC/C=C\CCCCCCCCCC(=O)OCCCCCCCCCCCCCCCCCCCCCCCCCCCCC(=O)NC(CO)C(O)CCCCCCCCCCCCCCCCCCCCC. The minimum Gasteiger partial charge on any atom is -0.466 e. The van der Waals surface area contributed by atoms with Gasteiger partial charge in [-0.15, -0.1) is 0 Å². The molecule has 2 unspecified atom stereocenters. The zero-order valence-corrected chi connectivity index (χ0v) is 54.6. The van der Waals surface area contributed by atoms with Crippen molar-refractivity contribution in [2.24, 2.45) is 0 Å². The van der Waals surface area contributed by atoms with Crippen LogP contribution in [0.25, 0.3) is 0 Å². The number of nitrogens with one attached hydrogen (secondary N) is 1. The average Bonchev–Trinajstić information content (AvgIpc) is 3.46. The van der Waals surface area contributed by atoms with Gasteiger partial charge < -0.3 is 20.3 Å². The van der Waals surface area contributed by atoms with E-state index in [0.717, 1.165) is 44.9 Å². The van der Waals surface area contributed by atoms with Crippen LogP contribution in [-0.2, 0) is 14.3 Å². The van der Waals surface area contributed by atoms with Crippen LogP contribution in [0.15, 0.2) is 12.2 Å². The summed E-state index contributed by atoms with van der Waals surface area (Å²) in [7, 11) is 0. The maximum atomic E-state index is 12.5. The monoisotopic (exact) mass is 1130 g/mol. The Morgan fingerprint density at radius 3 is 0.887 bits per heavy atom. The maximum Gasteiger partial charge on any atom is 0.305 e. The van der Waals surface area contributed by atoms with Crippen LogP contribution in [0, 0.1) is 0 Å². The fraction of sp³-hybridized carbons (Fsp3) is 0.946. The summed E-state index contributed by atoms with van der Waals surface area (Å²) < 4.78 is 5.51. The molecule has 0 aromatic rings. The minimum absolute atomic E-state index is 0.0157. The smallest absolute Gasteiger partial charge is 0.305 e. The van der Waals surface area contributed by atoms with Gasteiger partial charge in [-0.1, -0.05) is 373 Å². The van der Waals surface area contributed by atoms with Crippen molar-refractivity contribution >= 4 is 11.9 Å². The summed E-state index contributed by atoms with van der Waals surface area (Å²) in [6, 6.07) is -0.540. The molecule has 6 nitrogen and oxygen atoms in total. The number of hydrogen-bond donors (Lipinski definition) is 3. The van der Waals surface area contributed by atoms with E-state index in [9.17, 15) is 19.8 Å². The predicted molar refractivity (Wildman–Crippen MR) is 352 cm³/mol. The van der Waals surface area contributed by atoms with Gasteiger partial charge in [0.2, 0.25) is 5.91 Å². The molecule has 0 radical (unpaired) electrons. The van der Waals surface area contributed by atoms with Gasteiger partial charge in [-0.05, 0) is 51.4 Å². The van der Waals surface area contributed by atoms with E-state index in [1.165, 1.54) is 347 Å². The van der Waals surface area contributed by atoms with Crippen molar-refractivity contribution in [3.05, 3.63) is 12.2 Å². The molecule has 0 aliphatic carbocycles. The van der Waals surface area contributed by atoms with Crippen molar-refractivity contribution in [3.8, 4) is 0 Å². The number of aliphatic hydroxyl groups is 2. The molecule has 0 rings (SSSR count). The minimum atomic E-state index is -0.663. The molecule has 0 heterocycles. The Bertz CT molecular complexity index is 1210. The van der Waals surface area contributed by atoms with E-state index < -0.39 is 12.1 Å². The summed E-state index contributed by atoms with van der Waals surface area (Å²) >= 11 is 0. The summed E-state index contributed by atoms with van der Waals surface area (Å²) in [5, 5.41) is 23.4. The predicted octanol–water partition coefficient (Wildman–Crippen LogP) is 23.9. The van der Waals surface area contributed by atoms with E-state index in [1.807, 2.05) is 0 Å². The number of amides is 1. The number of carbonyl (C=O) groups is 2. The number of aliphatic hydroxyl groups excluding tert-OH is 2. The second kappa shape index (κ2) is 70.1. The third-order valence-corrected chi connectivity index (χ3v) is 17.6. The van der Waals surface area contributed by atoms with Crippen molar-refractivity contribution in [1.82, 2.24) is 5.32 Å². The van der Waals surface area contributed by atoms with Crippen LogP contribution in [0.3, 0.4) is 0 Å². The van der Waals surface area contributed by atoms with Crippen LogP contribution in [0.2, 0.25) is 0 Å². The van der Waals surface area contributed by atoms with E-state index in [2.05, 4.69) is 31.3 Å². The summed E-state index contributed by atoms with van der Waals surface area (Å²) in [4.78, 5) is 24.7. The van der Waals surface area contributed by atoms with Gasteiger partial charge in [-0.25, -0.2) is 0 Å². The van der Waals surface area contributed by atoms with Crippen LogP contribution in [0.4, 0.5) is 0 Å². The van der Waals surface area contributed by atoms with Gasteiger partial charge in [0.05, 0.1) is 25.4 Å². The van der Waals surface area contributed by atoms with Gasteiger partial charge in [0.1, 0.15) is 0 Å². The molecule has 0 aromatic heterocycles. The molecule has 0 aromatic carbocycles. The van der Waals surface area contributed by atoms with Gasteiger partial charge in [0.15, 0.2) is 0 Å². The van der Waals surface area contributed by atoms with Crippen LogP contribution >= 0.6 is 0 Å². The highest BCUT2D eigenvalue weighted by molar-refractivity contribution is 5.76. The first kappa shape index (κ1) is 78.6. The van der Waals surface area contributed by atoms with Crippen LogP contribution in [0.1, 0.15) is 425 Å². The lowest BCUT2D eigenvalue weighted by atomic mass is 10.0. The van der Waals surface area contributed by atoms with Crippen LogP contribution in [-0.4, -0.2) is 47.4 Å². The molecule has 2 atom stereocenters. The standard InChI is InChI=1S/C74H145NO5/c1-3-5-7-9-11-13-15-17-19-21-31-34-38-42-46-50-54-58-62-66-72(77)71(70-76)75-73(78)67-63-59-55-51-47-43-39-35-32-29-27-25-23-24-26-28-30-33-37-41-45-49-53-57-61-65-69-80-74(79)68-64-60-56-52-48-44-40-36-22-20-18-16-14-12-10-8-6-4-2/h20,22,71-72,76-77H,3-19,21,23-70H2,1-2H3,(H,75,78)/b22-20-. The van der Waals surface area contributed by atoms with Crippen LogP contribution < -0.4 is 5.32 Å². The van der Waals surface area contributed by atoms with Crippen molar-refractivity contribution in [2.45, 2.75) is 437 Å². The highest BCUT2D eigenvalue weighted by Crippen LogP contribution is 2.20. The first-order valence-corrected chi connectivity index (χ1v) is 36.9. The van der Waals surface area contributed by atoms with Crippen molar-refractivity contribution < 1.29 is 24.5 Å². The Kier molecular flexibility index (Phi) is 68.9. The van der Waals surface area contributed by atoms with Crippen LogP contribution in [0.5, 0.6) is 0 Å². The van der Waals surface area contributed by atoms with Crippen molar-refractivity contribution in [1.29, 1.82) is 0 Å². The zero-order chi connectivity index (χ0) is 57.8. The van der Waals surface area contributed by atoms with Gasteiger partial charge in [-0.2, -0.15) is 0 Å². The fourth-order valence-electron chi connectivity index (χ4n) is 11.9. The summed E-state index contributed by atoms with van der Waals surface area (Å²) in [5.74, 6) is -0.0123. The largest absolute Gasteiger partial charge is 0.466 e. The molecule has 0 aliphatic rings. The topological polar surface area (TPSA) is 95.9 Å². The zero-order valence-electron chi connectivity index (χ0n) is 54.6. The van der Waals surface area contributed by atoms with E-state index in [-0.39, 0.29) is 18.5 Å². The maximum absolute atomic E-state index is 12.5. The van der Waals surface area contributed by atoms with E-state index in [4.69, 9.17) is 4.74 Å². The van der Waals surface area contributed by atoms with E-state index in [0.29, 0.717) is 25.9 Å². The van der Waals surface area contributed by atoms with Gasteiger partial charge in [0.25, 0.3) is 0 Å². The average molecular weight is 1130 g/mol. The molecular weight excluding hydrogens is 983 g/mol. The molecule has 0 fully saturated rings. The lowest BCUT2D eigenvalue weighted by Crippen LogP contribution is -2.45. The Balaban J connectivity index is 3.34. The third kappa shape index (κ3) is 65.7. The first-order chi connectivity index (χ1) is 39.5. The molecule has 80 heavy (non-hydrogen) atoms. The third-order valence-electron chi connectivity index (χ3n) is 17.6. The van der Waals surface area contributed by atoms with E-state index in [1.54, 1.807) is 0 Å². The summed E-state index contributed by atoms with van der Waals surface area (Å²) in [6.45, 7) is 5.00. The van der Waals surface area contributed by atoms with Crippen molar-refractivity contribution in [3.63, 3.8) is 0 Å². The summed E-state index contributed by atoms with van der Waals surface area (Å²) in [6.07, 6.45) is 87.0. The molecule has 476 valence electrons. The highest BCUT2D eigenvalue weighted by atomic mass is 16.5. The molecule has 0 bridgehead atoms. The number of esters is 1. The first-order valence-electron chi connectivity index (χ1n) is 36.9. The Labute approximate surface area is 501 Å². The Morgan fingerprint density at radius 1 is 0.338 bits per heavy atom. The molecule has 0 aliphatic heterocycles. The Morgan fingerprint density at radius 2 is 0.588 bits per heavy atom. The second-order valence-electron chi connectivity index (χ2n) is 25.6. The molecule has 0 spiro atoms. The van der Waals surface area contributed by atoms with Crippen molar-refractivity contribution in [2.75, 3.05) is 13.2 Å². The van der Waals surface area contributed by atoms with Gasteiger partial charge in [0, 0.05) is 12.8 Å². The highest BCUT2D eigenvalue weighted by Gasteiger charge is 2.20. The van der Waals surface area contributed by atoms with E-state index >= 15 is 0 Å². The lowest BCUT2D eigenvalue weighted by molar-refractivity contribution is -0.143. The molecule has 0 saturated carbocycles. The Hall–Kier alpha value is -1.40. The molecule has 3 N–H and O–H groups in total. The number of unbranched alkanes of at least 4 members (excludes halogenated alkanes) is 57. The fourth-order valence-corrected chi connectivity index (χ4v) is 11.9. The molecule has 0 saturated heterocycles. The normalized spacial score (nSPS) is 12.5. The quantitative estimate of drug-likeness (QED) is 0.0320. The second-order valence-corrected chi connectivity index (χ2v) is 25.6. The summed E-state index contributed by atoms with van der Waals surface area (Å²) in [5.41, 5.74) is 0. The van der Waals surface area contributed by atoms with Gasteiger partial charge >= 0.3 is 5.97 Å². The number of allylic oxidation sites excluding steroid dienone is 2. The number of carbonyl (C=O) groups excluding carboxylic acids is 2. The number of hydrogen-bond acceptors (Lipinski definition) is 5. The van der Waals surface area contributed by atoms with Gasteiger partial charge in [-0.3, -0.25) is 9.59 Å². The lowest BCUT2D eigenvalue weighted by Gasteiger charge is -2.22. The molecular formula is C74H145NO5. The number of ether oxygens (including phenoxy) is 1. The molecule has 6 heteroatoms. The number of rotatable bonds is 70.